The predicted molar refractivity (Wildman–Crippen MR) is 53.4 cm³/mol. The summed E-state index contributed by atoms with van der Waals surface area (Å²) in [6, 6.07) is 0.807. The van der Waals surface area contributed by atoms with Crippen molar-refractivity contribution >= 4 is 0 Å². The molecule has 0 saturated carbocycles. The summed E-state index contributed by atoms with van der Waals surface area (Å²) in [6.45, 7) is 5.92. The van der Waals surface area contributed by atoms with Crippen LogP contribution < -0.4 is 5.32 Å². The molecule has 1 heterocycles. The molecule has 1 fully saturated rings. The number of unbranched alkanes of at least 4 members (excludes halogenated alkanes) is 1. The van der Waals surface area contributed by atoms with Gasteiger partial charge in [0.05, 0.1) is 0 Å². The average molecular weight is 170 g/mol. The van der Waals surface area contributed by atoms with Crippen LogP contribution in [0.5, 0.6) is 0 Å². The van der Waals surface area contributed by atoms with Crippen LogP contribution in [0.1, 0.15) is 32.6 Å². The monoisotopic (exact) mass is 170 g/mol. The first-order valence-corrected chi connectivity index (χ1v) is 5.25. The Morgan fingerprint density at radius 3 is 2.92 bits per heavy atom. The van der Waals surface area contributed by atoms with E-state index in [1.807, 2.05) is 0 Å². The van der Waals surface area contributed by atoms with Gasteiger partial charge in [-0.1, -0.05) is 13.3 Å². The zero-order chi connectivity index (χ0) is 8.81. The normalized spacial score (nSPS) is 25.0. The molecule has 0 bridgehead atoms. The fourth-order valence-electron chi connectivity index (χ4n) is 1.81. The lowest BCUT2D eigenvalue weighted by molar-refractivity contribution is 0.300. The second kappa shape index (κ2) is 5.55. The molecular formula is C10H22N2. The number of likely N-dealkylation sites (N-methyl/N-ethyl adjacent to an activating group) is 1. The highest BCUT2D eigenvalue weighted by molar-refractivity contribution is 4.77. The number of nitrogens with zero attached hydrogens (tertiary/aromatic N) is 1. The minimum absolute atomic E-state index is 0.807. The third kappa shape index (κ3) is 3.11. The second-order valence-corrected chi connectivity index (χ2v) is 3.83. The Balaban J connectivity index is 1.98. The zero-order valence-electron chi connectivity index (χ0n) is 8.47. The Bertz CT molecular complexity index is 114. The average Bonchev–Trinajstić information content (AvgIpc) is 2.46. The van der Waals surface area contributed by atoms with E-state index in [2.05, 4.69) is 24.2 Å². The third-order valence-corrected chi connectivity index (χ3v) is 2.76. The third-order valence-electron chi connectivity index (χ3n) is 2.76. The van der Waals surface area contributed by atoms with Gasteiger partial charge in [-0.2, -0.15) is 0 Å². The molecule has 0 unspecified atom stereocenters. The highest BCUT2D eigenvalue weighted by Gasteiger charge is 2.19. The van der Waals surface area contributed by atoms with E-state index in [1.165, 1.54) is 45.3 Å². The van der Waals surface area contributed by atoms with Crippen LogP contribution in [0.2, 0.25) is 0 Å². The standard InChI is InChI=1S/C10H22N2/c1-3-4-7-11-9-10-6-5-8-12(10)2/h10-11H,3-9H2,1-2H3/t10-/m0/s1. The summed E-state index contributed by atoms with van der Waals surface area (Å²) < 4.78 is 0. The van der Waals surface area contributed by atoms with Crippen molar-refractivity contribution in [3.8, 4) is 0 Å². The molecule has 0 spiro atoms. The topological polar surface area (TPSA) is 15.3 Å². The van der Waals surface area contributed by atoms with Gasteiger partial charge in [0.1, 0.15) is 0 Å². The molecule has 0 aromatic heterocycles. The largest absolute Gasteiger partial charge is 0.315 e. The van der Waals surface area contributed by atoms with Gasteiger partial charge >= 0.3 is 0 Å². The van der Waals surface area contributed by atoms with Crippen LogP contribution in [0.25, 0.3) is 0 Å². The van der Waals surface area contributed by atoms with Gasteiger partial charge in [0.2, 0.25) is 0 Å². The quantitative estimate of drug-likeness (QED) is 0.629. The molecule has 1 aliphatic heterocycles. The van der Waals surface area contributed by atoms with Gasteiger partial charge in [-0.05, 0) is 39.4 Å². The molecule has 2 nitrogen and oxygen atoms in total. The van der Waals surface area contributed by atoms with Crippen LogP contribution in [0, 0.1) is 0 Å². The summed E-state index contributed by atoms with van der Waals surface area (Å²) >= 11 is 0. The van der Waals surface area contributed by atoms with Gasteiger partial charge in [0.15, 0.2) is 0 Å². The van der Waals surface area contributed by atoms with Gasteiger partial charge in [0, 0.05) is 12.6 Å². The van der Waals surface area contributed by atoms with E-state index in [1.54, 1.807) is 0 Å². The fraction of sp³-hybridized carbons (Fsp3) is 1.00. The van der Waals surface area contributed by atoms with Crippen molar-refractivity contribution in [3.63, 3.8) is 0 Å². The maximum Gasteiger partial charge on any atom is 0.0218 e. The number of likely N-dealkylation sites (tertiary alicyclic amines) is 1. The van der Waals surface area contributed by atoms with E-state index in [9.17, 15) is 0 Å². The molecule has 1 atom stereocenters. The first-order chi connectivity index (χ1) is 5.84. The summed E-state index contributed by atoms with van der Waals surface area (Å²) in [6.07, 6.45) is 5.39. The van der Waals surface area contributed by atoms with Crippen LogP contribution in [0.4, 0.5) is 0 Å². The second-order valence-electron chi connectivity index (χ2n) is 3.83. The fourth-order valence-corrected chi connectivity index (χ4v) is 1.81. The Morgan fingerprint density at radius 2 is 2.33 bits per heavy atom. The van der Waals surface area contributed by atoms with Crippen molar-refractivity contribution in [3.05, 3.63) is 0 Å². The van der Waals surface area contributed by atoms with Crippen LogP contribution in [-0.4, -0.2) is 37.6 Å². The first-order valence-electron chi connectivity index (χ1n) is 5.25. The van der Waals surface area contributed by atoms with Gasteiger partial charge in [-0.15, -0.1) is 0 Å². The van der Waals surface area contributed by atoms with Crippen molar-refractivity contribution < 1.29 is 0 Å². The highest BCUT2D eigenvalue weighted by Crippen LogP contribution is 2.13. The summed E-state index contributed by atoms with van der Waals surface area (Å²) in [7, 11) is 2.24. The van der Waals surface area contributed by atoms with Crippen molar-refractivity contribution in [2.45, 2.75) is 38.6 Å². The molecule has 1 N–H and O–H groups in total. The minimum Gasteiger partial charge on any atom is -0.315 e. The molecule has 72 valence electrons. The summed E-state index contributed by atoms with van der Waals surface area (Å²) in [5.74, 6) is 0. The Hall–Kier alpha value is -0.0800. The van der Waals surface area contributed by atoms with Crippen molar-refractivity contribution in [2.75, 3.05) is 26.7 Å². The first kappa shape index (κ1) is 10.0. The van der Waals surface area contributed by atoms with Gasteiger partial charge in [-0.3, -0.25) is 0 Å². The maximum absolute atomic E-state index is 3.52. The molecular weight excluding hydrogens is 148 g/mol. The SMILES string of the molecule is CCCCNC[C@@H]1CCCN1C. The van der Waals surface area contributed by atoms with Crippen LogP contribution in [0.15, 0.2) is 0 Å². The minimum atomic E-state index is 0.807. The van der Waals surface area contributed by atoms with E-state index in [0.29, 0.717) is 0 Å². The van der Waals surface area contributed by atoms with Crippen LogP contribution >= 0.6 is 0 Å². The highest BCUT2D eigenvalue weighted by atomic mass is 15.2. The number of nitrogens with one attached hydrogen (secondary N) is 1. The lowest BCUT2D eigenvalue weighted by Crippen LogP contribution is -2.35. The van der Waals surface area contributed by atoms with E-state index < -0.39 is 0 Å². The summed E-state index contributed by atoms with van der Waals surface area (Å²) in [4.78, 5) is 2.47. The number of hydrogen-bond donors (Lipinski definition) is 1. The van der Waals surface area contributed by atoms with Crippen LogP contribution in [-0.2, 0) is 0 Å². The number of hydrogen-bond acceptors (Lipinski definition) is 2. The molecule has 0 aliphatic carbocycles. The zero-order valence-corrected chi connectivity index (χ0v) is 8.47. The summed E-state index contributed by atoms with van der Waals surface area (Å²) in [5.41, 5.74) is 0. The smallest absolute Gasteiger partial charge is 0.0218 e. The maximum atomic E-state index is 3.52. The molecule has 1 saturated heterocycles. The van der Waals surface area contributed by atoms with E-state index in [-0.39, 0.29) is 0 Å². The molecule has 0 aromatic rings. The summed E-state index contributed by atoms with van der Waals surface area (Å²) in [5, 5.41) is 3.52. The molecule has 0 aromatic carbocycles. The molecule has 1 aliphatic rings. The Labute approximate surface area is 76.3 Å². The van der Waals surface area contributed by atoms with Crippen molar-refractivity contribution in [1.82, 2.24) is 10.2 Å². The Kier molecular flexibility index (Phi) is 4.62. The molecule has 2 heteroatoms. The lowest BCUT2D eigenvalue weighted by Gasteiger charge is -2.19. The molecule has 1 rings (SSSR count). The molecule has 0 amide bonds. The van der Waals surface area contributed by atoms with Gasteiger partial charge < -0.3 is 10.2 Å². The van der Waals surface area contributed by atoms with E-state index in [4.69, 9.17) is 0 Å². The molecule has 0 radical (unpaired) electrons. The van der Waals surface area contributed by atoms with E-state index in [0.717, 1.165) is 6.04 Å². The van der Waals surface area contributed by atoms with Gasteiger partial charge in [-0.25, -0.2) is 0 Å². The van der Waals surface area contributed by atoms with Crippen molar-refractivity contribution in [1.29, 1.82) is 0 Å². The Morgan fingerprint density at radius 1 is 1.50 bits per heavy atom. The predicted octanol–water partition coefficient (Wildman–Crippen LogP) is 1.47. The van der Waals surface area contributed by atoms with Crippen molar-refractivity contribution in [2.24, 2.45) is 0 Å². The molecule has 12 heavy (non-hydrogen) atoms. The lowest BCUT2D eigenvalue weighted by atomic mass is 10.2. The van der Waals surface area contributed by atoms with Gasteiger partial charge in [0.25, 0.3) is 0 Å². The van der Waals surface area contributed by atoms with E-state index >= 15 is 0 Å². The van der Waals surface area contributed by atoms with Crippen LogP contribution in [0.3, 0.4) is 0 Å². The number of rotatable bonds is 5.